The average molecular weight is 266 g/mol. The van der Waals surface area contributed by atoms with Crippen LogP contribution in [-0.2, 0) is 10.0 Å². The first-order valence-electron chi connectivity index (χ1n) is 4.75. The molecule has 1 aromatic carbocycles. The molecule has 3 nitrogen and oxygen atoms in total. The summed E-state index contributed by atoms with van der Waals surface area (Å²) in [6.07, 6.45) is 0.379. The molecule has 1 aromatic rings. The van der Waals surface area contributed by atoms with Gasteiger partial charge in [-0.25, -0.2) is 12.8 Å². The van der Waals surface area contributed by atoms with Gasteiger partial charge < -0.3 is 0 Å². The van der Waals surface area contributed by atoms with Gasteiger partial charge in [-0.2, -0.15) is 0 Å². The lowest BCUT2D eigenvalue weighted by Crippen LogP contribution is -2.29. The molecule has 0 aliphatic carbocycles. The Bertz CT molecular complexity index is 450. The van der Waals surface area contributed by atoms with Crippen molar-refractivity contribution in [1.82, 2.24) is 0 Å². The summed E-state index contributed by atoms with van der Waals surface area (Å²) in [6.45, 7) is 0. The van der Waals surface area contributed by atoms with E-state index in [0.29, 0.717) is 12.1 Å². The van der Waals surface area contributed by atoms with E-state index in [1.54, 1.807) is 6.07 Å². The molecule has 16 heavy (non-hydrogen) atoms. The first-order chi connectivity index (χ1) is 7.47. The zero-order valence-electron chi connectivity index (χ0n) is 8.86. The number of anilines is 1. The molecule has 0 saturated carbocycles. The van der Waals surface area contributed by atoms with Crippen LogP contribution in [0.1, 0.15) is 6.42 Å². The van der Waals surface area contributed by atoms with Crippen molar-refractivity contribution in [3.05, 3.63) is 30.1 Å². The fourth-order valence-corrected chi connectivity index (χ4v) is 2.72. The minimum absolute atomic E-state index is 0.0382. The number of alkyl halides is 1. The van der Waals surface area contributed by atoms with E-state index in [2.05, 4.69) is 0 Å². The molecule has 0 aromatic heterocycles. The summed E-state index contributed by atoms with van der Waals surface area (Å²) < 4.78 is 37.5. The van der Waals surface area contributed by atoms with Crippen LogP contribution < -0.4 is 4.31 Å². The van der Waals surface area contributed by atoms with Crippen LogP contribution in [0.3, 0.4) is 0 Å². The lowest BCUT2D eigenvalue weighted by molar-refractivity contribution is 0.592. The third-order valence-corrected chi connectivity index (χ3v) is 4.24. The van der Waals surface area contributed by atoms with E-state index in [9.17, 15) is 12.8 Å². The maximum absolute atomic E-state index is 12.9. The second-order valence-corrected chi connectivity index (χ2v) is 5.80. The van der Waals surface area contributed by atoms with Crippen LogP contribution in [0.25, 0.3) is 0 Å². The highest BCUT2D eigenvalue weighted by molar-refractivity contribution is 7.92. The smallest absolute Gasteiger partial charge is 0.234 e. The van der Waals surface area contributed by atoms with Crippen molar-refractivity contribution >= 4 is 27.3 Å². The maximum atomic E-state index is 12.9. The molecule has 0 amide bonds. The van der Waals surface area contributed by atoms with Gasteiger partial charge in [0.2, 0.25) is 10.0 Å². The van der Waals surface area contributed by atoms with Crippen LogP contribution in [-0.4, -0.2) is 27.1 Å². The molecule has 6 heteroatoms. The van der Waals surface area contributed by atoms with Crippen molar-refractivity contribution in [2.45, 2.75) is 6.42 Å². The van der Waals surface area contributed by atoms with Crippen LogP contribution in [0, 0.1) is 5.82 Å². The summed E-state index contributed by atoms with van der Waals surface area (Å²) in [5, 5.41) is 0. The SMILES string of the molecule is CN(c1cccc(F)c1)S(=O)(=O)CCCCl. The van der Waals surface area contributed by atoms with E-state index in [1.165, 1.54) is 25.2 Å². The molecular weight excluding hydrogens is 253 g/mol. The Hall–Kier alpha value is -0.810. The maximum Gasteiger partial charge on any atom is 0.234 e. The van der Waals surface area contributed by atoms with Crippen molar-refractivity contribution in [3.8, 4) is 0 Å². The minimum Gasteiger partial charge on any atom is -0.273 e. The monoisotopic (exact) mass is 265 g/mol. The summed E-state index contributed by atoms with van der Waals surface area (Å²) in [7, 11) is -2.01. The van der Waals surface area contributed by atoms with Crippen molar-refractivity contribution < 1.29 is 12.8 Å². The molecule has 0 saturated heterocycles. The Kier molecular flexibility index (Phi) is 4.56. The van der Waals surface area contributed by atoms with Gasteiger partial charge in [0.25, 0.3) is 0 Å². The Morgan fingerprint density at radius 1 is 1.44 bits per heavy atom. The van der Waals surface area contributed by atoms with Gasteiger partial charge in [0.1, 0.15) is 5.82 Å². The summed E-state index contributed by atoms with van der Waals surface area (Å²) in [5.74, 6) is -0.211. The summed E-state index contributed by atoms with van der Waals surface area (Å²) in [5.41, 5.74) is 0.314. The van der Waals surface area contributed by atoms with E-state index in [0.717, 1.165) is 4.31 Å². The lowest BCUT2D eigenvalue weighted by atomic mass is 10.3. The van der Waals surface area contributed by atoms with E-state index in [-0.39, 0.29) is 11.6 Å². The number of benzene rings is 1. The Morgan fingerprint density at radius 3 is 2.69 bits per heavy atom. The highest BCUT2D eigenvalue weighted by Gasteiger charge is 2.17. The van der Waals surface area contributed by atoms with Crippen molar-refractivity contribution in [3.63, 3.8) is 0 Å². The molecule has 0 atom stereocenters. The molecule has 90 valence electrons. The molecule has 0 unspecified atom stereocenters. The highest BCUT2D eigenvalue weighted by atomic mass is 35.5. The van der Waals surface area contributed by atoms with Crippen molar-refractivity contribution in [2.24, 2.45) is 0 Å². The van der Waals surface area contributed by atoms with E-state index < -0.39 is 15.8 Å². The Morgan fingerprint density at radius 2 is 2.12 bits per heavy atom. The molecule has 0 spiro atoms. The zero-order chi connectivity index (χ0) is 12.2. The summed E-state index contributed by atoms with van der Waals surface area (Å²) in [4.78, 5) is 0. The molecule has 0 bridgehead atoms. The topological polar surface area (TPSA) is 37.4 Å². The first-order valence-corrected chi connectivity index (χ1v) is 6.90. The van der Waals surface area contributed by atoms with E-state index in [1.807, 2.05) is 0 Å². The Labute approximate surface area is 99.9 Å². The number of sulfonamides is 1. The number of rotatable bonds is 5. The number of halogens is 2. The quantitative estimate of drug-likeness (QED) is 0.766. The second-order valence-electron chi connectivity index (χ2n) is 3.31. The van der Waals surface area contributed by atoms with Crippen LogP contribution in [0.5, 0.6) is 0 Å². The fraction of sp³-hybridized carbons (Fsp3) is 0.400. The van der Waals surface area contributed by atoms with Crippen LogP contribution in [0.15, 0.2) is 24.3 Å². The molecule has 0 fully saturated rings. The predicted octanol–water partition coefficient (Wildman–Crippen LogP) is 2.22. The van der Waals surface area contributed by atoms with Crippen molar-refractivity contribution in [1.29, 1.82) is 0 Å². The number of hydrogen-bond acceptors (Lipinski definition) is 2. The third kappa shape index (κ3) is 3.35. The third-order valence-electron chi connectivity index (χ3n) is 2.12. The second kappa shape index (κ2) is 5.50. The molecule has 0 aliphatic heterocycles. The lowest BCUT2D eigenvalue weighted by Gasteiger charge is -2.19. The van der Waals surface area contributed by atoms with Gasteiger partial charge in [0, 0.05) is 12.9 Å². The van der Waals surface area contributed by atoms with Gasteiger partial charge in [-0.3, -0.25) is 4.31 Å². The predicted molar refractivity (Wildman–Crippen MR) is 63.9 cm³/mol. The normalized spacial score (nSPS) is 11.4. The van der Waals surface area contributed by atoms with Gasteiger partial charge in [-0.1, -0.05) is 6.07 Å². The van der Waals surface area contributed by atoms with Crippen molar-refractivity contribution in [2.75, 3.05) is 23.0 Å². The standard InChI is InChI=1S/C10H13ClFNO2S/c1-13(16(14,15)7-3-6-11)10-5-2-4-9(12)8-10/h2,4-5,8H,3,6-7H2,1H3. The number of hydrogen-bond donors (Lipinski definition) is 0. The largest absolute Gasteiger partial charge is 0.273 e. The molecule has 1 rings (SSSR count). The van der Waals surface area contributed by atoms with E-state index >= 15 is 0 Å². The fourth-order valence-electron chi connectivity index (χ4n) is 1.21. The molecule has 0 aliphatic rings. The van der Waals surface area contributed by atoms with Gasteiger partial charge >= 0.3 is 0 Å². The number of nitrogens with zero attached hydrogens (tertiary/aromatic N) is 1. The minimum atomic E-state index is -3.41. The molecule has 0 N–H and O–H groups in total. The summed E-state index contributed by atoms with van der Waals surface area (Å²) in [6, 6.07) is 5.46. The molecular formula is C10H13ClFNO2S. The van der Waals surface area contributed by atoms with Crippen LogP contribution in [0.2, 0.25) is 0 Å². The van der Waals surface area contributed by atoms with Gasteiger partial charge in [0.15, 0.2) is 0 Å². The summed E-state index contributed by atoms with van der Waals surface area (Å²) >= 11 is 5.44. The first kappa shape index (κ1) is 13.3. The van der Waals surface area contributed by atoms with Crippen LogP contribution >= 0.6 is 11.6 Å². The van der Waals surface area contributed by atoms with E-state index in [4.69, 9.17) is 11.6 Å². The molecule has 0 radical (unpaired) electrons. The Balaban J connectivity index is 2.89. The highest BCUT2D eigenvalue weighted by Crippen LogP contribution is 2.17. The zero-order valence-corrected chi connectivity index (χ0v) is 10.4. The van der Waals surface area contributed by atoms with Crippen LogP contribution in [0.4, 0.5) is 10.1 Å². The van der Waals surface area contributed by atoms with Gasteiger partial charge in [-0.05, 0) is 24.6 Å². The van der Waals surface area contributed by atoms with Gasteiger partial charge in [-0.15, -0.1) is 11.6 Å². The molecule has 0 heterocycles. The average Bonchev–Trinajstić information content (AvgIpc) is 2.25. The van der Waals surface area contributed by atoms with Gasteiger partial charge in [0.05, 0.1) is 11.4 Å².